The molecule has 1 aromatic rings. The second kappa shape index (κ2) is 5.99. The minimum atomic E-state index is 0.0358. The monoisotopic (exact) mass is 231 g/mol. The normalized spacial score (nSPS) is 10.9. The van der Waals surface area contributed by atoms with E-state index in [9.17, 15) is 4.79 Å². The second-order valence-corrected chi connectivity index (χ2v) is 4.25. The standard InChI is InChI=1S/C14H19N2O/c1-15(2)11-10-13(16(3)4)14(17)12-8-6-5-7-9-12/h5-11H,1-4H3/q+1. The predicted octanol–water partition coefficient (Wildman–Crippen LogP) is 1.66. The van der Waals surface area contributed by atoms with E-state index in [-0.39, 0.29) is 5.78 Å². The van der Waals surface area contributed by atoms with E-state index in [0.717, 1.165) is 0 Å². The first-order valence-corrected chi connectivity index (χ1v) is 5.51. The van der Waals surface area contributed by atoms with Gasteiger partial charge in [-0.05, 0) is 0 Å². The molecule has 0 fully saturated rings. The van der Waals surface area contributed by atoms with Crippen LogP contribution in [0.5, 0.6) is 0 Å². The molecule has 1 rings (SSSR count). The van der Waals surface area contributed by atoms with Gasteiger partial charge in [0.25, 0.3) is 0 Å². The Balaban J connectivity index is 3.05. The highest BCUT2D eigenvalue weighted by molar-refractivity contribution is 6.09. The Bertz CT molecular complexity index is 441. The van der Waals surface area contributed by atoms with E-state index in [4.69, 9.17) is 0 Å². The third-order valence-corrected chi connectivity index (χ3v) is 2.28. The fourth-order valence-corrected chi connectivity index (χ4v) is 1.38. The van der Waals surface area contributed by atoms with Gasteiger partial charge in [-0.2, -0.15) is 0 Å². The lowest BCUT2D eigenvalue weighted by Crippen LogP contribution is -2.20. The first-order chi connectivity index (χ1) is 8.02. The summed E-state index contributed by atoms with van der Waals surface area (Å²) < 4.78 is 1.90. The third kappa shape index (κ3) is 3.87. The van der Waals surface area contributed by atoms with Crippen molar-refractivity contribution in [2.75, 3.05) is 28.2 Å². The lowest BCUT2D eigenvalue weighted by Gasteiger charge is -2.14. The molecule has 0 saturated heterocycles. The predicted molar refractivity (Wildman–Crippen MR) is 70.7 cm³/mol. The number of ketones is 1. The van der Waals surface area contributed by atoms with Gasteiger partial charge in [-0.1, -0.05) is 30.3 Å². The summed E-state index contributed by atoms with van der Waals surface area (Å²) in [5, 5.41) is 0. The van der Waals surface area contributed by atoms with Crippen molar-refractivity contribution >= 4 is 12.0 Å². The quantitative estimate of drug-likeness (QED) is 0.340. The molecule has 0 radical (unpaired) electrons. The minimum Gasteiger partial charge on any atom is -0.374 e. The molecule has 0 amide bonds. The van der Waals surface area contributed by atoms with Gasteiger partial charge in [0.1, 0.15) is 14.1 Å². The number of hydrogen-bond acceptors (Lipinski definition) is 2. The van der Waals surface area contributed by atoms with Gasteiger partial charge in [0.15, 0.2) is 6.21 Å². The summed E-state index contributed by atoms with van der Waals surface area (Å²) in [6.45, 7) is 0. The van der Waals surface area contributed by atoms with Crippen LogP contribution >= 0.6 is 0 Å². The van der Waals surface area contributed by atoms with E-state index in [1.165, 1.54) is 0 Å². The zero-order chi connectivity index (χ0) is 12.8. The van der Waals surface area contributed by atoms with Crippen LogP contribution in [0.2, 0.25) is 0 Å². The molecule has 0 aliphatic heterocycles. The summed E-state index contributed by atoms with van der Waals surface area (Å²) in [6.07, 6.45) is 3.70. The van der Waals surface area contributed by atoms with Crippen molar-refractivity contribution in [3.05, 3.63) is 47.7 Å². The molecule has 0 aliphatic carbocycles. The maximum Gasteiger partial charge on any atom is 0.209 e. The molecule has 0 bridgehead atoms. The van der Waals surface area contributed by atoms with Crippen LogP contribution in [0, 0.1) is 0 Å². The van der Waals surface area contributed by atoms with Gasteiger partial charge in [-0.3, -0.25) is 4.79 Å². The molecule has 0 saturated carbocycles. The Hall–Kier alpha value is -1.90. The van der Waals surface area contributed by atoms with Crippen molar-refractivity contribution in [2.45, 2.75) is 0 Å². The van der Waals surface area contributed by atoms with Crippen LogP contribution in [0.25, 0.3) is 0 Å². The molecule has 0 aliphatic rings. The zero-order valence-corrected chi connectivity index (χ0v) is 10.8. The Morgan fingerprint density at radius 1 is 1.18 bits per heavy atom. The largest absolute Gasteiger partial charge is 0.374 e. The van der Waals surface area contributed by atoms with Gasteiger partial charge >= 0.3 is 0 Å². The topological polar surface area (TPSA) is 23.3 Å². The van der Waals surface area contributed by atoms with E-state index < -0.39 is 0 Å². The molecule has 1 aromatic carbocycles. The highest BCUT2D eigenvalue weighted by Crippen LogP contribution is 2.09. The number of hydrogen-bond donors (Lipinski definition) is 0. The first-order valence-electron chi connectivity index (χ1n) is 5.51. The summed E-state index contributed by atoms with van der Waals surface area (Å²) in [6, 6.07) is 9.30. The van der Waals surface area contributed by atoms with Gasteiger partial charge < -0.3 is 4.90 Å². The van der Waals surface area contributed by atoms with Gasteiger partial charge in [-0.15, -0.1) is 0 Å². The molecule has 0 unspecified atom stereocenters. The lowest BCUT2D eigenvalue weighted by molar-refractivity contribution is -0.458. The third-order valence-electron chi connectivity index (χ3n) is 2.28. The highest BCUT2D eigenvalue weighted by atomic mass is 16.1. The van der Waals surface area contributed by atoms with E-state index >= 15 is 0 Å². The molecule has 0 N–H and O–H groups in total. The average molecular weight is 231 g/mol. The molecule has 0 heterocycles. The van der Waals surface area contributed by atoms with Crippen molar-refractivity contribution in [1.29, 1.82) is 0 Å². The van der Waals surface area contributed by atoms with Crippen molar-refractivity contribution < 1.29 is 9.37 Å². The minimum absolute atomic E-state index is 0.0358. The maximum atomic E-state index is 12.3. The molecule has 0 atom stereocenters. The van der Waals surface area contributed by atoms with Gasteiger partial charge in [-0.25, -0.2) is 4.58 Å². The fourth-order valence-electron chi connectivity index (χ4n) is 1.38. The van der Waals surface area contributed by atoms with Crippen LogP contribution in [0.4, 0.5) is 0 Å². The summed E-state index contributed by atoms with van der Waals surface area (Å²) in [5.41, 5.74) is 1.38. The lowest BCUT2D eigenvalue weighted by atomic mass is 10.1. The van der Waals surface area contributed by atoms with Crippen molar-refractivity contribution in [1.82, 2.24) is 4.90 Å². The van der Waals surface area contributed by atoms with Crippen LogP contribution in [0.1, 0.15) is 10.4 Å². The maximum absolute atomic E-state index is 12.3. The Labute approximate surface area is 103 Å². The van der Waals surface area contributed by atoms with Crippen LogP contribution in [0.15, 0.2) is 42.1 Å². The Morgan fingerprint density at radius 3 is 2.24 bits per heavy atom. The molecule has 3 nitrogen and oxygen atoms in total. The van der Waals surface area contributed by atoms with Gasteiger partial charge in [0, 0.05) is 25.7 Å². The number of benzene rings is 1. The number of carbonyl (C=O) groups is 1. The van der Waals surface area contributed by atoms with E-state index in [2.05, 4.69) is 0 Å². The summed E-state index contributed by atoms with van der Waals surface area (Å²) in [4.78, 5) is 14.1. The first kappa shape index (κ1) is 13.2. The number of nitrogens with zero attached hydrogens (tertiary/aromatic N) is 2. The SMILES string of the molecule is CN(C)/C(=C\C=[N+](C)C)C(=O)c1ccccc1. The molecule has 0 spiro atoms. The van der Waals surface area contributed by atoms with Crippen LogP contribution < -0.4 is 0 Å². The number of rotatable bonds is 4. The Morgan fingerprint density at radius 2 is 1.76 bits per heavy atom. The average Bonchev–Trinajstić information content (AvgIpc) is 2.29. The van der Waals surface area contributed by atoms with Crippen molar-refractivity contribution in [3.8, 4) is 0 Å². The van der Waals surface area contributed by atoms with E-state index in [0.29, 0.717) is 11.3 Å². The Kier molecular flexibility index (Phi) is 4.64. The zero-order valence-electron chi connectivity index (χ0n) is 10.8. The van der Waals surface area contributed by atoms with Crippen molar-refractivity contribution in [3.63, 3.8) is 0 Å². The summed E-state index contributed by atoms with van der Waals surface area (Å²) >= 11 is 0. The summed E-state index contributed by atoms with van der Waals surface area (Å²) in [7, 11) is 7.60. The van der Waals surface area contributed by atoms with Crippen LogP contribution in [-0.2, 0) is 0 Å². The number of likely N-dealkylation sites (N-methyl/N-ethyl adjacent to an activating group) is 1. The molecular weight excluding hydrogens is 212 g/mol. The molecular formula is C14H19N2O+. The fraction of sp³-hybridized carbons (Fsp3) is 0.286. The van der Waals surface area contributed by atoms with Gasteiger partial charge in [0.2, 0.25) is 5.78 Å². The number of allylic oxidation sites excluding steroid dienone is 2. The van der Waals surface area contributed by atoms with E-state index in [1.54, 1.807) is 0 Å². The van der Waals surface area contributed by atoms with Crippen LogP contribution in [-0.4, -0.2) is 49.7 Å². The molecule has 90 valence electrons. The smallest absolute Gasteiger partial charge is 0.209 e. The second-order valence-electron chi connectivity index (χ2n) is 4.25. The molecule has 3 heteroatoms. The van der Waals surface area contributed by atoms with Gasteiger partial charge in [0.05, 0.1) is 5.70 Å². The summed E-state index contributed by atoms with van der Waals surface area (Å²) in [5.74, 6) is 0.0358. The number of Topliss-reactive ketones (excluding diaryl/α,β-unsaturated/α-hetero) is 1. The number of carbonyl (C=O) groups excluding carboxylic acids is 1. The van der Waals surface area contributed by atoms with Crippen LogP contribution in [0.3, 0.4) is 0 Å². The van der Waals surface area contributed by atoms with Crippen molar-refractivity contribution in [2.24, 2.45) is 0 Å². The highest BCUT2D eigenvalue weighted by Gasteiger charge is 2.13. The van der Waals surface area contributed by atoms with E-state index in [1.807, 2.05) is 80.3 Å². The molecule has 17 heavy (non-hydrogen) atoms. The molecule has 0 aromatic heterocycles.